The van der Waals surface area contributed by atoms with Crippen molar-refractivity contribution in [2.75, 3.05) is 24.3 Å². The van der Waals surface area contributed by atoms with Crippen LogP contribution in [0.25, 0.3) is 11.5 Å². The number of benzene rings is 2. The second-order valence-electron chi connectivity index (χ2n) is 6.10. The number of amides is 2. The summed E-state index contributed by atoms with van der Waals surface area (Å²) in [6.07, 6.45) is -0.0215. The van der Waals surface area contributed by atoms with E-state index in [4.69, 9.17) is 14.9 Å². The molecule has 2 N–H and O–H groups in total. The molecule has 156 valence electrons. The number of thioether (sulfide) groups is 1. The summed E-state index contributed by atoms with van der Waals surface area (Å²) in [6, 6.07) is 12.6. The molecule has 30 heavy (non-hydrogen) atoms. The van der Waals surface area contributed by atoms with E-state index in [2.05, 4.69) is 10.2 Å². The van der Waals surface area contributed by atoms with Gasteiger partial charge in [-0.25, -0.2) is 4.39 Å². The monoisotopic (exact) mass is 430 g/mol. The number of para-hydroxylation sites is 1. The maximum atomic E-state index is 13.2. The highest BCUT2D eigenvalue weighted by Gasteiger charge is 2.19. The van der Waals surface area contributed by atoms with E-state index in [0.29, 0.717) is 17.0 Å². The highest BCUT2D eigenvalue weighted by atomic mass is 32.2. The van der Waals surface area contributed by atoms with Crippen LogP contribution in [0.3, 0.4) is 0 Å². The van der Waals surface area contributed by atoms with Gasteiger partial charge in [-0.2, -0.15) is 0 Å². The van der Waals surface area contributed by atoms with E-state index in [1.54, 1.807) is 19.2 Å². The summed E-state index contributed by atoms with van der Waals surface area (Å²) in [6.45, 7) is 0.0800. The Balaban J connectivity index is 1.70. The molecule has 0 aliphatic rings. The van der Waals surface area contributed by atoms with E-state index in [1.165, 1.54) is 29.2 Å². The third kappa shape index (κ3) is 5.35. The van der Waals surface area contributed by atoms with Gasteiger partial charge in [-0.15, -0.1) is 10.2 Å². The number of methoxy groups -OCH3 is 1. The predicted molar refractivity (Wildman–Crippen MR) is 110 cm³/mol. The maximum Gasteiger partial charge on any atom is 0.277 e. The van der Waals surface area contributed by atoms with E-state index >= 15 is 0 Å². The summed E-state index contributed by atoms with van der Waals surface area (Å²) in [5, 5.41) is 8.16. The third-order valence-corrected chi connectivity index (χ3v) is 4.89. The average molecular weight is 430 g/mol. The van der Waals surface area contributed by atoms with Gasteiger partial charge in [0.25, 0.3) is 11.1 Å². The Morgan fingerprint density at radius 2 is 1.90 bits per heavy atom. The fraction of sp³-hybridized carbons (Fsp3) is 0.200. The normalized spacial score (nSPS) is 10.6. The number of nitrogens with zero attached hydrogens (tertiary/aromatic N) is 3. The minimum atomic E-state index is -0.541. The molecule has 0 unspecified atom stereocenters. The Labute approximate surface area is 176 Å². The van der Waals surface area contributed by atoms with E-state index in [-0.39, 0.29) is 35.7 Å². The number of carbonyl (C=O) groups is 2. The van der Waals surface area contributed by atoms with Crippen LogP contribution in [0.5, 0.6) is 5.75 Å². The van der Waals surface area contributed by atoms with Crippen molar-refractivity contribution in [3.8, 4) is 17.2 Å². The standard InChI is InChI=1S/C20H19FN4O4S/c1-28-16-5-3-2-4-15(16)19-23-24-20(29-19)30-12-18(27)25(11-10-17(22)26)14-8-6-13(21)7-9-14/h2-9H,10-12H2,1H3,(H2,22,26). The first-order chi connectivity index (χ1) is 14.5. The van der Waals surface area contributed by atoms with E-state index < -0.39 is 11.7 Å². The number of aromatic nitrogens is 2. The molecule has 0 saturated carbocycles. The molecule has 0 spiro atoms. The first-order valence-corrected chi connectivity index (χ1v) is 9.90. The van der Waals surface area contributed by atoms with Gasteiger partial charge in [0, 0.05) is 18.7 Å². The van der Waals surface area contributed by atoms with Crippen molar-refractivity contribution in [2.24, 2.45) is 5.73 Å². The smallest absolute Gasteiger partial charge is 0.277 e. The van der Waals surface area contributed by atoms with Gasteiger partial charge < -0.3 is 19.8 Å². The van der Waals surface area contributed by atoms with E-state index in [0.717, 1.165) is 11.8 Å². The fourth-order valence-electron chi connectivity index (χ4n) is 2.64. The number of hydrogen-bond acceptors (Lipinski definition) is 7. The number of primary amides is 1. The third-order valence-electron chi connectivity index (χ3n) is 4.08. The van der Waals surface area contributed by atoms with Crippen LogP contribution >= 0.6 is 11.8 Å². The van der Waals surface area contributed by atoms with Gasteiger partial charge in [0.2, 0.25) is 11.8 Å². The molecule has 0 saturated heterocycles. The SMILES string of the molecule is COc1ccccc1-c1nnc(SCC(=O)N(CCC(N)=O)c2ccc(F)cc2)o1. The van der Waals surface area contributed by atoms with Crippen LogP contribution in [-0.2, 0) is 9.59 Å². The van der Waals surface area contributed by atoms with Gasteiger partial charge in [-0.3, -0.25) is 9.59 Å². The van der Waals surface area contributed by atoms with Gasteiger partial charge in [0.05, 0.1) is 18.4 Å². The molecule has 0 aliphatic carbocycles. The molecule has 2 amide bonds. The molecule has 0 fully saturated rings. The Bertz CT molecular complexity index is 1030. The second-order valence-corrected chi connectivity index (χ2v) is 7.03. The van der Waals surface area contributed by atoms with Crippen molar-refractivity contribution < 1.29 is 23.1 Å². The molecule has 10 heteroatoms. The summed E-state index contributed by atoms with van der Waals surface area (Å²) in [4.78, 5) is 25.3. The second kappa shape index (κ2) is 9.88. The molecule has 0 aliphatic heterocycles. The predicted octanol–water partition coefficient (Wildman–Crippen LogP) is 2.89. The summed E-state index contributed by atoms with van der Waals surface area (Å²) in [5.74, 6) is -0.450. The maximum absolute atomic E-state index is 13.2. The molecule has 1 heterocycles. The van der Waals surface area contributed by atoms with Crippen molar-refractivity contribution in [2.45, 2.75) is 11.6 Å². The molecule has 2 aromatic carbocycles. The van der Waals surface area contributed by atoms with Crippen LogP contribution in [0.2, 0.25) is 0 Å². The van der Waals surface area contributed by atoms with Crippen molar-refractivity contribution in [1.29, 1.82) is 0 Å². The summed E-state index contributed by atoms with van der Waals surface area (Å²) in [5.41, 5.74) is 6.30. The number of hydrogen-bond donors (Lipinski definition) is 1. The highest BCUT2D eigenvalue weighted by molar-refractivity contribution is 7.99. The lowest BCUT2D eigenvalue weighted by Gasteiger charge is -2.22. The van der Waals surface area contributed by atoms with Crippen molar-refractivity contribution >= 4 is 29.3 Å². The Morgan fingerprint density at radius 3 is 2.60 bits per heavy atom. The van der Waals surface area contributed by atoms with Gasteiger partial charge in [-0.05, 0) is 36.4 Å². The number of ether oxygens (including phenoxy) is 1. The molecular formula is C20H19FN4O4S. The number of anilines is 1. The van der Waals surface area contributed by atoms with Crippen LogP contribution in [0, 0.1) is 5.82 Å². The van der Waals surface area contributed by atoms with Gasteiger partial charge in [-0.1, -0.05) is 23.9 Å². The Morgan fingerprint density at radius 1 is 1.17 bits per heavy atom. The highest BCUT2D eigenvalue weighted by Crippen LogP contribution is 2.30. The molecular weight excluding hydrogens is 411 g/mol. The molecule has 0 radical (unpaired) electrons. The minimum absolute atomic E-state index is 0.0215. The van der Waals surface area contributed by atoms with Gasteiger partial charge in [0.15, 0.2) is 0 Å². The molecule has 0 atom stereocenters. The number of nitrogens with two attached hydrogens (primary N) is 1. The van der Waals surface area contributed by atoms with Crippen molar-refractivity contribution in [3.63, 3.8) is 0 Å². The quantitative estimate of drug-likeness (QED) is 0.520. The largest absolute Gasteiger partial charge is 0.496 e. The number of carbonyl (C=O) groups excluding carboxylic acids is 2. The Hall–Kier alpha value is -3.40. The number of rotatable bonds is 9. The van der Waals surface area contributed by atoms with Crippen LogP contribution in [-0.4, -0.2) is 41.4 Å². The van der Waals surface area contributed by atoms with Crippen LogP contribution in [0.4, 0.5) is 10.1 Å². The van der Waals surface area contributed by atoms with Crippen molar-refractivity contribution in [1.82, 2.24) is 10.2 Å². The van der Waals surface area contributed by atoms with Crippen LogP contribution in [0.1, 0.15) is 6.42 Å². The molecule has 1 aromatic heterocycles. The van der Waals surface area contributed by atoms with E-state index in [1.807, 2.05) is 12.1 Å². The molecule has 0 bridgehead atoms. The topological polar surface area (TPSA) is 112 Å². The summed E-state index contributed by atoms with van der Waals surface area (Å²) < 4.78 is 24.1. The average Bonchev–Trinajstić information content (AvgIpc) is 3.22. The molecule has 3 rings (SSSR count). The lowest BCUT2D eigenvalue weighted by atomic mass is 10.2. The zero-order chi connectivity index (χ0) is 21.5. The van der Waals surface area contributed by atoms with Crippen molar-refractivity contribution in [3.05, 3.63) is 54.3 Å². The Kier molecular flexibility index (Phi) is 7.02. The van der Waals surface area contributed by atoms with Gasteiger partial charge >= 0.3 is 0 Å². The first-order valence-electron chi connectivity index (χ1n) is 8.92. The van der Waals surface area contributed by atoms with Crippen LogP contribution in [0.15, 0.2) is 58.2 Å². The van der Waals surface area contributed by atoms with Crippen LogP contribution < -0.4 is 15.4 Å². The fourth-order valence-corrected chi connectivity index (χ4v) is 3.28. The minimum Gasteiger partial charge on any atom is -0.496 e. The number of halogens is 1. The lowest BCUT2D eigenvalue weighted by Crippen LogP contribution is -2.35. The van der Waals surface area contributed by atoms with E-state index in [9.17, 15) is 14.0 Å². The van der Waals surface area contributed by atoms with Gasteiger partial charge in [0.1, 0.15) is 11.6 Å². The molecule has 3 aromatic rings. The lowest BCUT2D eigenvalue weighted by molar-refractivity contribution is -0.118. The molecule has 8 nitrogen and oxygen atoms in total. The summed E-state index contributed by atoms with van der Waals surface area (Å²) in [7, 11) is 1.54. The summed E-state index contributed by atoms with van der Waals surface area (Å²) >= 11 is 1.06. The zero-order valence-electron chi connectivity index (χ0n) is 16.1. The zero-order valence-corrected chi connectivity index (χ0v) is 16.9. The first kappa shape index (κ1) is 21.3.